The summed E-state index contributed by atoms with van der Waals surface area (Å²) in [6, 6.07) is 11.4. The van der Waals surface area contributed by atoms with Crippen LogP contribution < -0.4 is 10.6 Å². The summed E-state index contributed by atoms with van der Waals surface area (Å²) in [4.78, 5) is 24.4. The minimum atomic E-state index is -0.373. The molecule has 4 rings (SSSR count). The molecular formula is C20H20FN5O2. The largest absolute Gasteiger partial charge is 0.378 e. The monoisotopic (exact) mass is 381 g/mol. The van der Waals surface area contributed by atoms with Crippen LogP contribution in [0.25, 0.3) is 22.6 Å². The van der Waals surface area contributed by atoms with Crippen molar-refractivity contribution in [1.29, 1.82) is 0 Å². The number of nitrogens with one attached hydrogen (secondary N) is 3. The topological polar surface area (TPSA) is 91.9 Å². The molecule has 0 aliphatic carbocycles. The SMILES string of the molecule is O=C(NCc1nc(-c2cccc(F)c2)c(-c2ccccn2)[nH]1)C1COCCN1. The smallest absolute Gasteiger partial charge is 0.239 e. The second-order valence-corrected chi connectivity index (χ2v) is 6.43. The number of ether oxygens (including phenoxy) is 1. The van der Waals surface area contributed by atoms with Crippen molar-refractivity contribution in [2.75, 3.05) is 19.8 Å². The molecule has 3 heterocycles. The summed E-state index contributed by atoms with van der Waals surface area (Å²) in [6.07, 6.45) is 1.68. The molecule has 1 aliphatic heterocycles. The van der Waals surface area contributed by atoms with E-state index in [0.717, 1.165) is 0 Å². The van der Waals surface area contributed by atoms with E-state index in [1.807, 2.05) is 18.2 Å². The number of pyridine rings is 1. The minimum Gasteiger partial charge on any atom is -0.378 e. The molecular weight excluding hydrogens is 361 g/mol. The van der Waals surface area contributed by atoms with Gasteiger partial charge >= 0.3 is 0 Å². The molecule has 1 fully saturated rings. The molecule has 1 aromatic carbocycles. The fourth-order valence-corrected chi connectivity index (χ4v) is 3.07. The van der Waals surface area contributed by atoms with Crippen LogP contribution in [0.5, 0.6) is 0 Å². The summed E-state index contributed by atoms with van der Waals surface area (Å²) < 4.78 is 19.0. The van der Waals surface area contributed by atoms with Crippen molar-refractivity contribution >= 4 is 5.91 Å². The van der Waals surface area contributed by atoms with Crippen LogP contribution in [-0.2, 0) is 16.1 Å². The highest BCUT2D eigenvalue weighted by Gasteiger charge is 2.22. The Morgan fingerprint density at radius 2 is 2.21 bits per heavy atom. The van der Waals surface area contributed by atoms with Gasteiger partial charge in [-0.05, 0) is 24.3 Å². The van der Waals surface area contributed by atoms with Crippen molar-refractivity contribution < 1.29 is 13.9 Å². The van der Waals surface area contributed by atoms with Gasteiger partial charge < -0.3 is 20.4 Å². The number of benzene rings is 1. The Morgan fingerprint density at radius 3 is 2.96 bits per heavy atom. The molecule has 1 atom stereocenters. The third-order valence-electron chi connectivity index (χ3n) is 4.44. The van der Waals surface area contributed by atoms with Crippen LogP contribution in [0.4, 0.5) is 4.39 Å². The van der Waals surface area contributed by atoms with E-state index in [0.29, 0.717) is 48.2 Å². The lowest BCUT2D eigenvalue weighted by molar-refractivity contribution is -0.126. The van der Waals surface area contributed by atoms with Gasteiger partial charge in [0.25, 0.3) is 0 Å². The summed E-state index contributed by atoms with van der Waals surface area (Å²) in [5.74, 6) is 0.0680. The lowest BCUT2D eigenvalue weighted by atomic mass is 10.1. The summed E-state index contributed by atoms with van der Waals surface area (Å²) in [5.41, 5.74) is 2.59. The second kappa shape index (κ2) is 8.28. The van der Waals surface area contributed by atoms with Gasteiger partial charge in [0.2, 0.25) is 5.91 Å². The van der Waals surface area contributed by atoms with Crippen molar-refractivity contribution in [1.82, 2.24) is 25.6 Å². The van der Waals surface area contributed by atoms with E-state index in [4.69, 9.17) is 4.74 Å². The highest BCUT2D eigenvalue weighted by molar-refractivity contribution is 5.82. The number of carbonyl (C=O) groups is 1. The molecule has 1 aliphatic rings. The summed E-state index contributed by atoms with van der Waals surface area (Å²) >= 11 is 0. The van der Waals surface area contributed by atoms with Crippen LogP contribution in [-0.4, -0.2) is 46.7 Å². The molecule has 0 spiro atoms. The molecule has 0 saturated carbocycles. The van der Waals surface area contributed by atoms with Gasteiger partial charge in [-0.2, -0.15) is 0 Å². The summed E-state index contributed by atoms with van der Waals surface area (Å²) in [6.45, 7) is 1.81. The molecule has 7 nitrogen and oxygen atoms in total. The zero-order valence-electron chi connectivity index (χ0n) is 15.1. The number of hydrogen-bond acceptors (Lipinski definition) is 5. The zero-order valence-corrected chi connectivity index (χ0v) is 15.1. The van der Waals surface area contributed by atoms with Crippen molar-refractivity contribution in [3.63, 3.8) is 0 Å². The first-order valence-corrected chi connectivity index (χ1v) is 9.06. The maximum Gasteiger partial charge on any atom is 0.239 e. The van der Waals surface area contributed by atoms with Gasteiger partial charge in [0.1, 0.15) is 17.7 Å². The minimum absolute atomic E-state index is 0.150. The number of morpholine rings is 1. The average Bonchev–Trinajstić information content (AvgIpc) is 3.18. The number of nitrogens with zero attached hydrogens (tertiary/aromatic N) is 2. The van der Waals surface area contributed by atoms with E-state index in [2.05, 4.69) is 25.6 Å². The van der Waals surface area contributed by atoms with Crippen molar-refractivity contribution in [2.45, 2.75) is 12.6 Å². The number of aromatic amines is 1. The van der Waals surface area contributed by atoms with E-state index in [-0.39, 0.29) is 24.3 Å². The normalized spacial score (nSPS) is 16.7. The third-order valence-corrected chi connectivity index (χ3v) is 4.44. The Bertz CT molecular complexity index is 954. The molecule has 3 aromatic rings. The number of hydrogen-bond donors (Lipinski definition) is 3. The van der Waals surface area contributed by atoms with Crippen LogP contribution in [0.1, 0.15) is 5.82 Å². The van der Waals surface area contributed by atoms with Crippen LogP contribution in [0.3, 0.4) is 0 Å². The van der Waals surface area contributed by atoms with Crippen LogP contribution >= 0.6 is 0 Å². The standard InChI is InChI=1S/C20H20FN5O2/c21-14-5-3-4-13(10-14)18-19(15-6-1-2-7-22-15)26-17(25-18)11-24-20(27)16-12-28-9-8-23-16/h1-7,10,16,23H,8-9,11-12H2,(H,24,27)(H,25,26). The predicted molar refractivity (Wildman–Crippen MR) is 102 cm³/mol. The Labute approximate surface area is 161 Å². The molecule has 2 aromatic heterocycles. The van der Waals surface area contributed by atoms with Gasteiger partial charge in [0.15, 0.2) is 0 Å². The maximum absolute atomic E-state index is 13.7. The number of halogens is 1. The number of rotatable bonds is 5. The Kier molecular flexibility index (Phi) is 5.41. The highest BCUT2D eigenvalue weighted by atomic mass is 19.1. The van der Waals surface area contributed by atoms with Crippen LogP contribution in [0.2, 0.25) is 0 Å². The van der Waals surface area contributed by atoms with Gasteiger partial charge in [-0.1, -0.05) is 18.2 Å². The molecule has 1 saturated heterocycles. The van der Waals surface area contributed by atoms with E-state index in [1.54, 1.807) is 18.3 Å². The maximum atomic E-state index is 13.7. The van der Waals surface area contributed by atoms with Crippen molar-refractivity contribution in [2.24, 2.45) is 0 Å². The number of aromatic nitrogens is 3. The average molecular weight is 381 g/mol. The molecule has 1 unspecified atom stereocenters. The molecule has 0 bridgehead atoms. The molecule has 28 heavy (non-hydrogen) atoms. The first-order valence-electron chi connectivity index (χ1n) is 9.06. The first-order chi connectivity index (χ1) is 13.7. The fourth-order valence-electron chi connectivity index (χ4n) is 3.07. The summed E-state index contributed by atoms with van der Waals surface area (Å²) in [7, 11) is 0. The summed E-state index contributed by atoms with van der Waals surface area (Å²) in [5, 5.41) is 5.96. The van der Waals surface area contributed by atoms with Crippen LogP contribution in [0.15, 0.2) is 48.7 Å². The Morgan fingerprint density at radius 1 is 1.29 bits per heavy atom. The van der Waals surface area contributed by atoms with E-state index < -0.39 is 0 Å². The lowest BCUT2D eigenvalue weighted by Gasteiger charge is -2.22. The lowest BCUT2D eigenvalue weighted by Crippen LogP contribution is -2.51. The van der Waals surface area contributed by atoms with Gasteiger partial charge in [-0.25, -0.2) is 9.37 Å². The molecule has 144 valence electrons. The fraction of sp³-hybridized carbons (Fsp3) is 0.250. The van der Waals surface area contributed by atoms with Gasteiger partial charge in [0.05, 0.1) is 36.8 Å². The zero-order chi connectivity index (χ0) is 19.3. The van der Waals surface area contributed by atoms with Crippen molar-refractivity contribution in [3.8, 4) is 22.6 Å². The van der Waals surface area contributed by atoms with E-state index in [9.17, 15) is 9.18 Å². The van der Waals surface area contributed by atoms with E-state index >= 15 is 0 Å². The molecule has 0 radical (unpaired) electrons. The second-order valence-electron chi connectivity index (χ2n) is 6.43. The Hall–Kier alpha value is -3.10. The van der Waals surface area contributed by atoms with Gasteiger partial charge in [0, 0.05) is 18.3 Å². The number of imidazole rings is 1. The predicted octanol–water partition coefficient (Wildman–Crippen LogP) is 1.88. The first kappa shape index (κ1) is 18.3. The molecule has 8 heteroatoms. The highest BCUT2D eigenvalue weighted by Crippen LogP contribution is 2.29. The third kappa shape index (κ3) is 4.08. The number of H-pyrrole nitrogens is 1. The molecule has 3 N–H and O–H groups in total. The van der Waals surface area contributed by atoms with Gasteiger partial charge in [-0.15, -0.1) is 0 Å². The quantitative estimate of drug-likeness (QED) is 0.628. The number of amides is 1. The van der Waals surface area contributed by atoms with Crippen LogP contribution in [0, 0.1) is 5.82 Å². The van der Waals surface area contributed by atoms with Crippen molar-refractivity contribution in [3.05, 3.63) is 60.3 Å². The van der Waals surface area contributed by atoms with E-state index in [1.165, 1.54) is 12.1 Å². The Balaban J connectivity index is 1.59. The van der Waals surface area contributed by atoms with Gasteiger partial charge in [-0.3, -0.25) is 9.78 Å². The molecule has 1 amide bonds. The number of carbonyl (C=O) groups excluding carboxylic acids is 1.